The van der Waals surface area contributed by atoms with Crippen LogP contribution in [0.5, 0.6) is 5.75 Å². The van der Waals surface area contributed by atoms with Crippen LogP contribution in [0.25, 0.3) is 0 Å². The van der Waals surface area contributed by atoms with Gasteiger partial charge in [0.05, 0.1) is 5.97 Å². The lowest BCUT2D eigenvalue weighted by Gasteiger charge is -2.13. The molecule has 0 fully saturated rings. The van der Waals surface area contributed by atoms with Gasteiger partial charge in [-0.3, -0.25) is 0 Å². The number of carbonyl (C=O) groups excluding carboxylic acids is 1. The van der Waals surface area contributed by atoms with Gasteiger partial charge in [0, 0.05) is 11.8 Å². The molecule has 0 radical (unpaired) electrons. The summed E-state index contributed by atoms with van der Waals surface area (Å²) in [5.41, 5.74) is 1.25. The van der Waals surface area contributed by atoms with Crippen molar-refractivity contribution >= 4 is 17.7 Å². The number of benzene rings is 1. The molecule has 0 aliphatic rings. The predicted molar refractivity (Wildman–Crippen MR) is 86.2 cm³/mol. The van der Waals surface area contributed by atoms with Crippen LogP contribution in [-0.2, 0) is 24.4 Å². The quantitative estimate of drug-likeness (QED) is 0.683. The molecule has 1 aromatic heterocycles. The number of aromatic nitrogens is 3. The average molecular weight is 334 g/mol. The number of carboxylic acids is 1. The van der Waals surface area contributed by atoms with Gasteiger partial charge in [-0.1, -0.05) is 30.8 Å². The second-order valence-electron chi connectivity index (χ2n) is 5.01. The minimum absolute atomic E-state index is 0.284. The predicted octanol–water partition coefficient (Wildman–Crippen LogP) is 1.67. The summed E-state index contributed by atoms with van der Waals surface area (Å²) in [6.07, 6.45) is 0.988. The minimum Gasteiger partial charge on any atom is -0.549 e. The molecule has 7 heteroatoms. The van der Waals surface area contributed by atoms with E-state index in [1.54, 1.807) is 6.92 Å². The first-order chi connectivity index (χ1) is 11.0. The van der Waals surface area contributed by atoms with Crippen molar-refractivity contribution in [3.63, 3.8) is 0 Å². The Balaban J connectivity index is 2.04. The Morgan fingerprint density at radius 2 is 2.00 bits per heavy atom. The summed E-state index contributed by atoms with van der Waals surface area (Å²) in [6, 6.07) is 7.92. The fraction of sp³-hybridized carbons (Fsp3) is 0.438. The molecule has 0 saturated heterocycles. The second kappa shape index (κ2) is 8.01. The van der Waals surface area contributed by atoms with E-state index >= 15 is 0 Å². The smallest absolute Gasteiger partial charge is 0.191 e. The Kier molecular flexibility index (Phi) is 6.04. The zero-order valence-electron chi connectivity index (χ0n) is 13.5. The Morgan fingerprint density at radius 1 is 1.30 bits per heavy atom. The van der Waals surface area contributed by atoms with Crippen molar-refractivity contribution < 1.29 is 14.6 Å². The summed E-state index contributed by atoms with van der Waals surface area (Å²) in [5.74, 6) is 0.319. The third kappa shape index (κ3) is 4.48. The van der Waals surface area contributed by atoms with E-state index in [2.05, 4.69) is 17.1 Å². The van der Waals surface area contributed by atoms with Crippen LogP contribution in [0, 0.1) is 0 Å². The molecule has 124 valence electrons. The maximum atomic E-state index is 10.9. The minimum atomic E-state index is -1.12. The van der Waals surface area contributed by atoms with Gasteiger partial charge in [-0.15, -0.1) is 10.2 Å². The number of aliphatic carboxylic acids is 1. The van der Waals surface area contributed by atoms with Gasteiger partial charge >= 0.3 is 0 Å². The maximum Gasteiger partial charge on any atom is 0.191 e. The summed E-state index contributed by atoms with van der Waals surface area (Å²) in [7, 11) is 0. The molecule has 23 heavy (non-hydrogen) atoms. The van der Waals surface area contributed by atoms with Gasteiger partial charge in [0.25, 0.3) is 0 Å². The van der Waals surface area contributed by atoms with Crippen LogP contribution in [0.15, 0.2) is 29.4 Å². The Morgan fingerprint density at radius 3 is 2.57 bits per heavy atom. The number of aryl methyl sites for hydroxylation is 1. The zero-order chi connectivity index (χ0) is 16.8. The first-order valence-corrected chi connectivity index (χ1v) is 8.44. The van der Waals surface area contributed by atoms with Crippen molar-refractivity contribution in [3.05, 3.63) is 35.7 Å². The molecule has 1 heterocycles. The largest absolute Gasteiger partial charge is 0.549 e. The second-order valence-corrected chi connectivity index (χ2v) is 6.32. The Labute approximate surface area is 139 Å². The van der Waals surface area contributed by atoms with E-state index in [1.165, 1.54) is 5.56 Å². The van der Waals surface area contributed by atoms with E-state index in [4.69, 9.17) is 4.74 Å². The van der Waals surface area contributed by atoms with Gasteiger partial charge in [-0.25, -0.2) is 0 Å². The molecule has 0 spiro atoms. The number of rotatable bonds is 8. The molecule has 1 atom stereocenters. The standard InChI is InChI=1S/C16H21N3O3S/c1-4-12-6-8-13(9-7-12)22-10-14-17-18-16(19(14)5-2)23-11(3)15(20)21/h6-9,11H,4-5,10H2,1-3H3,(H,20,21)/p-1/t11-/m1/s1. The maximum absolute atomic E-state index is 10.9. The number of carbonyl (C=O) groups is 1. The summed E-state index contributed by atoms with van der Waals surface area (Å²) < 4.78 is 7.59. The molecule has 1 aromatic carbocycles. The lowest BCUT2D eigenvalue weighted by atomic mass is 10.2. The summed E-state index contributed by atoms with van der Waals surface area (Å²) >= 11 is 1.12. The summed E-state index contributed by atoms with van der Waals surface area (Å²) in [6.45, 7) is 6.55. The van der Waals surface area contributed by atoms with E-state index in [-0.39, 0.29) is 6.61 Å². The fourth-order valence-electron chi connectivity index (χ4n) is 2.01. The average Bonchev–Trinajstić information content (AvgIpc) is 2.94. The van der Waals surface area contributed by atoms with Crippen LogP contribution in [-0.4, -0.2) is 26.0 Å². The zero-order valence-corrected chi connectivity index (χ0v) is 14.3. The first kappa shape index (κ1) is 17.3. The molecule has 0 aliphatic carbocycles. The van der Waals surface area contributed by atoms with E-state index in [0.717, 1.165) is 23.9 Å². The van der Waals surface area contributed by atoms with Gasteiger partial charge in [-0.05, 0) is 38.0 Å². The normalized spacial score (nSPS) is 12.1. The molecular formula is C16H20N3O3S-. The van der Waals surface area contributed by atoms with Crippen LogP contribution >= 0.6 is 11.8 Å². The number of ether oxygens (including phenoxy) is 1. The van der Waals surface area contributed by atoms with Crippen molar-refractivity contribution in [1.29, 1.82) is 0 Å². The van der Waals surface area contributed by atoms with Gasteiger partial charge < -0.3 is 19.2 Å². The molecule has 0 N–H and O–H groups in total. The van der Waals surface area contributed by atoms with Crippen LogP contribution in [0.4, 0.5) is 0 Å². The Hall–Kier alpha value is -2.02. The van der Waals surface area contributed by atoms with E-state index in [1.807, 2.05) is 35.8 Å². The third-order valence-electron chi connectivity index (χ3n) is 3.42. The summed E-state index contributed by atoms with van der Waals surface area (Å²) in [4.78, 5) is 10.9. The number of thioether (sulfide) groups is 1. The van der Waals surface area contributed by atoms with Crippen molar-refractivity contribution in [1.82, 2.24) is 14.8 Å². The molecule has 6 nitrogen and oxygen atoms in total. The van der Waals surface area contributed by atoms with Crippen LogP contribution in [0.2, 0.25) is 0 Å². The first-order valence-electron chi connectivity index (χ1n) is 7.56. The van der Waals surface area contributed by atoms with Crippen molar-refractivity contribution in [2.45, 2.75) is 50.8 Å². The van der Waals surface area contributed by atoms with Crippen molar-refractivity contribution in [2.75, 3.05) is 0 Å². The van der Waals surface area contributed by atoms with Crippen LogP contribution in [0.3, 0.4) is 0 Å². The monoisotopic (exact) mass is 334 g/mol. The highest BCUT2D eigenvalue weighted by Crippen LogP contribution is 2.22. The number of carboxylic acid groups (broad SMARTS) is 1. The van der Waals surface area contributed by atoms with E-state index in [9.17, 15) is 9.90 Å². The molecule has 0 unspecified atom stereocenters. The van der Waals surface area contributed by atoms with Crippen LogP contribution < -0.4 is 9.84 Å². The Bertz CT molecular complexity index is 655. The van der Waals surface area contributed by atoms with Crippen LogP contribution in [0.1, 0.15) is 32.2 Å². The summed E-state index contributed by atoms with van der Waals surface area (Å²) in [5, 5.41) is 18.9. The molecule has 2 rings (SSSR count). The fourth-order valence-corrected chi connectivity index (χ4v) is 2.87. The molecule has 0 aliphatic heterocycles. The molecule has 0 saturated carbocycles. The van der Waals surface area contributed by atoms with Gasteiger partial charge in [-0.2, -0.15) is 0 Å². The lowest BCUT2D eigenvalue weighted by Crippen LogP contribution is -2.31. The highest BCUT2D eigenvalue weighted by Gasteiger charge is 2.15. The molecule has 0 amide bonds. The van der Waals surface area contributed by atoms with Gasteiger partial charge in [0.1, 0.15) is 12.4 Å². The molecular weight excluding hydrogens is 314 g/mol. The molecule has 2 aromatic rings. The number of hydrogen-bond donors (Lipinski definition) is 0. The third-order valence-corrected chi connectivity index (χ3v) is 4.48. The highest BCUT2D eigenvalue weighted by atomic mass is 32.2. The van der Waals surface area contributed by atoms with Gasteiger partial charge in [0.15, 0.2) is 11.0 Å². The number of nitrogens with zero attached hydrogens (tertiary/aromatic N) is 3. The van der Waals surface area contributed by atoms with E-state index < -0.39 is 11.2 Å². The topological polar surface area (TPSA) is 80.1 Å². The van der Waals surface area contributed by atoms with E-state index in [0.29, 0.717) is 17.5 Å². The number of hydrogen-bond acceptors (Lipinski definition) is 6. The highest BCUT2D eigenvalue weighted by molar-refractivity contribution is 8.00. The molecule has 0 bridgehead atoms. The van der Waals surface area contributed by atoms with Crippen molar-refractivity contribution in [3.8, 4) is 5.75 Å². The SMILES string of the molecule is CCc1ccc(OCc2nnc(S[C@H](C)C(=O)[O-])n2CC)cc1. The van der Waals surface area contributed by atoms with Gasteiger partial charge in [0.2, 0.25) is 0 Å². The van der Waals surface area contributed by atoms with Crippen molar-refractivity contribution in [2.24, 2.45) is 0 Å². The lowest BCUT2D eigenvalue weighted by molar-refractivity contribution is -0.304.